The zero-order valence-corrected chi connectivity index (χ0v) is 11.9. The highest BCUT2D eigenvalue weighted by Gasteiger charge is 2.42. The number of nitrogens with one attached hydrogen (secondary N) is 1. The van der Waals surface area contributed by atoms with Crippen molar-refractivity contribution in [3.05, 3.63) is 26.3 Å². The molecule has 1 heterocycles. The summed E-state index contributed by atoms with van der Waals surface area (Å²) in [6, 6.07) is 0. The normalized spacial score (nSPS) is 34.2. The van der Waals surface area contributed by atoms with Crippen LogP contribution in [-0.2, 0) is 0 Å². The summed E-state index contributed by atoms with van der Waals surface area (Å²) in [5.74, 6) is 3.67. The van der Waals surface area contributed by atoms with Gasteiger partial charge in [0.15, 0.2) is 0 Å². The first kappa shape index (κ1) is 11.2. The minimum atomic E-state index is 0.0182. The summed E-state index contributed by atoms with van der Waals surface area (Å²) in [5.41, 5.74) is 1.03. The third-order valence-corrected chi connectivity index (χ3v) is 5.73. The van der Waals surface area contributed by atoms with Crippen LogP contribution >= 0.6 is 15.9 Å². The zero-order valence-electron chi connectivity index (χ0n) is 10.3. The molecule has 96 valence electrons. The molecule has 3 nitrogen and oxygen atoms in total. The van der Waals surface area contributed by atoms with Gasteiger partial charge in [0.25, 0.3) is 5.56 Å². The second-order valence-corrected chi connectivity index (χ2v) is 7.00. The molecule has 0 spiro atoms. The van der Waals surface area contributed by atoms with Crippen molar-refractivity contribution in [2.24, 2.45) is 11.8 Å². The molecule has 3 unspecified atom stereocenters. The Kier molecular flexibility index (Phi) is 2.44. The molecule has 3 fully saturated rings. The van der Waals surface area contributed by atoms with Gasteiger partial charge in [-0.25, -0.2) is 4.98 Å². The summed E-state index contributed by atoms with van der Waals surface area (Å²) < 4.78 is 0.664. The Morgan fingerprint density at radius 2 is 2.00 bits per heavy atom. The minimum Gasteiger partial charge on any atom is -0.309 e. The van der Waals surface area contributed by atoms with E-state index in [0.29, 0.717) is 16.3 Å². The van der Waals surface area contributed by atoms with E-state index in [1.165, 1.54) is 38.5 Å². The van der Waals surface area contributed by atoms with E-state index in [0.717, 1.165) is 23.4 Å². The van der Waals surface area contributed by atoms with Gasteiger partial charge in [-0.1, -0.05) is 6.42 Å². The van der Waals surface area contributed by atoms with Gasteiger partial charge in [0.05, 0.1) is 5.69 Å². The second kappa shape index (κ2) is 3.92. The number of nitrogens with zero attached hydrogens (tertiary/aromatic N) is 1. The number of H-pyrrole nitrogens is 1. The van der Waals surface area contributed by atoms with Gasteiger partial charge >= 0.3 is 0 Å². The number of rotatable bonds is 2. The number of halogens is 1. The summed E-state index contributed by atoms with van der Waals surface area (Å²) in [6.07, 6.45) is 7.67. The van der Waals surface area contributed by atoms with Gasteiger partial charge in [-0.05, 0) is 59.9 Å². The highest BCUT2D eigenvalue weighted by Crippen LogP contribution is 2.52. The molecule has 4 rings (SSSR count). The molecule has 0 radical (unpaired) electrons. The average molecular weight is 309 g/mol. The van der Waals surface area contributed by atoms with E-state index >= 15 is 0 Å². The van der Waals surface area contributed by atoms with Crippen LogP contribution in [0.3, 0.4) is 0 Å². The molecule has 3 atom stereocenters. The van der Waals surface area contributed by atoms with Gasteiger partial charge < -0.3 is 4.98 Å². The van der Waals surface area contributed by atoms with Crippen molar-refractivity contribution in [1.29, 1.82) is 0 Å². The molecule has 18 heavy (non-hydrogen) atoms. The van der Waals surface area contributed by atoms with Crippen molar-refractivity contribution in [3.63, 3.8) is 0 Å². The smallest absolute Gasteiger partial charge is 0.265 e. The standard InChI is InChI=1S/C14H17BrN2O/c15-11-12(8-3-4-8)16-13(17-14(11)18)10-6-7-1-2-9(10)5-7/h7-10H,1-6H2,(H,16,17,18). The molecule has 1 aromatic rings. The highest BCUT2D eigenvalue weighted by atomic mass is 79.9. The largest absolute Gasteiger partial charge is 0.309 e. The van der Waals surface area contributed by atoms with Crippen LogP contribution in [0.15, 0.2) is 9.27 Å². The van der Waals surface area contributed by atoms with Crippen LogP contribution in [0.5, 0.6) is 0 Å². The number of aromatic nitrogens is 2. The van der Waals surface area contributed by atoms with E-state index in [9.17, 15) is 4.79 Å². The van der Waals surface area contributed by atoms with Gasteiger partial charge in [0.1, 0.15) is 10.3 Å². The Labute approximate surface area is 115 Å². The third-order valence-electron chi connectivity index (χ3n) is 4.96. The lowest BCUT2D eigenvalue weighted by molar-refractivity contribution is 0.403. The van der Waals surface area contributed by atoms with E-state index in [-0.39, 0.29) is 5.56 Å². The van der Waals surface area contributed by atoms with Gasteiger partial charge in [-0.15, -0.1) is 0 Å². The van der Waals surface area contributed by atoms with E-state index in [1.54, 1.807) is 0 Å². The third kappa shape index (κ3) is 1.68. The van der Waals surface area contributed by atoms with Crippen molar-refractivity contribution in [2.45, 2.75) is 50.4 Å². The topological polar surface area (TPSA) is 45.8 Å². The van der Waals surface area contributed by atoms with Crippen molar-refractivity contribution < 1.29 is 0 Å². The molecular weight excluding hydrogens is 292 g/mol. The summed E-state index contributed by atoms with van der Waals surface area (Å²) in [4.78, 5) is 19.8. The predicted octanol–water partition coefficient (Wildman–Crippen LogP) is 3.31. The van der Waals surface area contributed by atoms with E-state index in [1.807, 2.05) is 0 Å². The molecule has 3 aliphatic rings. The molecule has 3 aliphatic carbocycles. The van der Waals surface area contributed by atoms with E-state index in [4.69, 9.17) is 4.98 Å². The van der Waals surface area contributed by atoms with Crippen molar-refractivity contribution in [2.75, 3.05) is 0 Å². The van der Waals surface area contributed by atoms with Crippen LogP contribution in [0.2, 0.25) is 0 Å². The second-order valence-electron chi connectivity index (χ2n) is 6.21. The van der Waals surface area contributed by atoms with Gasteiger partial charge in [0, 0.05) is 11.8 Å². The number of fused-ring (bicyclic) bond motifs is 2. The van der Waals surface area contributed by atoms with Crippen molar-refractivity contribution in [1.82, 2.24) is 9.97 Å². The summed E-state index contributed by atoms with van der Waals surface area (Å²) in [6.45, 7) is 0. The molecule has 1 N–H and O–H groups in total. The summed E-state index contributed by atoms with van der Waals surface area (Å²) in [5, 5.41) is 0. The Bertz CT molecular complexity index is 549. The maximum Gasteiger partial charge on any atom is 0.265 e. The Hall–Kier alpha value is -0.640. The molecule has 4 heteroatoms. The van der Waals surface area contributed by atoms with Gasteiger partial charge in [0.2, 0.25) is 0 Å². The lowest BCUT2D eigenvalue weighted by Gasteiger charge is -2.21. The molecular formula is C14H17BrN2O. The van der Waals surface area contributed by atoms with Crippen molar-refractivity contribution >= 4 is 15.9 Å². The molecule has 0 aliphatic heterocycles. The van der Waals surface area contributed by atoms with E-state index < -0.39 is 0 Å². The maximum absolute atomic E-state index is 12.0. The fourth-order valence-electron chi connectivity index (χ4n) is 3.88. The zero-order chi connectivity index (χ0) is 12.3. The van der Waals surface area contributed by atoms with E-state index in [2.05, 4.69) is 20.9 Å². The van der Waals surface area contributed by atoms with Crippen molar-refractivity contribution in [3.8, 4) is 0 Å². The van der Waals surface area contributed by atoms with Crippen LogP contribution in [0.1, 0.15) is 61.9 Å². The molecule has 0 amide bonds. The fourth-order valence-corrected chi connectivity index (χ4v) is 4.39. The first-order valence-electron chi connectivity index (χ1n) is 7.02. The fraction of sp³-hybridized carbons (Fsp3) is 0.714. The molecule has 0 saturated heterocycles. The van der Waals surface area contributed by atoms with Gasteiger partial charge in [-0.3, -0.25) is 4.79 Å². The average Bonchev–Trinajstić information content (AvgIpc) is 2.99. The number of hydrogen-bond donors (Lipinski definition) is 1. The van der Waals surface area contributed by atoms with Crippen LogP contribution in [-0.4, -0.2) is 9.97 Å². The van der Waals surface area contributed by atoms with Crippen LogP contribution in [0, 0.1) is 11.8 Å². The Morgan fingerprint density at radius 1 is 1.17 bits per heavy atom. The van der Waals surface area contributed by atoms with Crippen LogP contribution in [0.4, 0.5) is 0 Å². The molecule has 2 bridgehead atoms. The van der Waals surface area contributed by atoms with Crippen LogP contribution < -0.4 is 5.56 Å². The lowest BCUT2D eigenvalue weighted by atomic mass is 9.88. The first-order valence-corrected chi connectivity index (χ1v) is 7.81. The summed E-state index contributed by atoms with van der Waals surface area (Å²) >= 11 is 3.40. The highest BCUT2D eigenvalue weighted by molar-refractivity contribution is 9.10. The number of hydrogen-bond acceptors (Lipinski definition) is 2. The summed E-state index contributed by atoms with van der Waals surface area (Å²) in [7, 11) is 0. The van der Waals surface area contributed by atoms with Gasteiger partial charge in [-0.2, -0.15) is 0 Å². The monoisotopic (exact) mass is 308 g/mol. The Morgan fingerprint density at radius 3 is 2.61 bits per heavy atom. The quantitative estimate of drug-likeness (QED) is 0.911. The minimum absolute atomic E-state index is 0.0182. The Balaban J connectivity index is 1.74. The molecule has 1 aromatic heterocycles. The lowest BCUT2D eigenvalue weighted by Crippen LogP contribution is -2.20. The SMILES string of the molecule is O=c1[nH]c(C2CC3CCC2C3)nc(C2CC2)c1Br. The number of aromatic amines is 1. The predicted molar refractivity (Wildman–Crippen MR) is 72.7 cm³/mol. The first-order chi connectivity index (χ1) is 8.72. The maximum atomic E-state index is 12.0. The molecule has 3 saturated carbocycles. The van der Waals surface area contributed by atoms with Crippen LogP contribution in [0.25, 0.3) is 0 Å². The molecule has 0 aromatic carbocycles.